The first kappa shape index (κ1) is 13.7. The van der Waals surface area contributed by atoms with Crippen LogP contribution in [0.25, 0.3) is 0 Å². The summed E-state index contributed by atoms with van der Waals surface area (Å²) < 4.78 is 0. The molecule has 1 amide bonds. The van der Waals surface area contributed by atoms with E-state index in [1.807, 2.05) is 11.8 Å². The molecule has 2 rings (SSSR count). The Morgan fingerprint density at radius 2 is 2.11 bits per heavy atom. The number of rotatable bonds is 4. The van der Waals surface area contributed by atoms with Crippen LogP contribution < -0.4 is 10.6 Å². The average Bonchev–Trinajstić information content (AvgIpc) is 2.48. The molecule has 1 aliphatic rings. The van der Waals surface area contributed by atoms with Crippen molar-refractivity contribution in [2.75, 3.05) is 37.6 Å². The second kappa shape index (κ2) is 6.47. The molecule has 1 saturated heterocycles. The SMILES string of the molecule is CC(CN)CC(=O)N1CCN(c2cnccn2)CC1. The number of aromatic nitrogens is 2. The maximum Gasteiger partial charge on any atom is 0.223 e. The van der Waals surface area contributed by atoms with Crippen molar-refractivity contribution in [2.24, 2.45) is 11.7 Å². The Labute approximate surface area is 113 Å². The van der Waals surface area contributed by atoms with Crippen LogP contribution in [0.3, 0.4) is 0 Å². The standard InChI is InChI=1S/C13H21N5O/c1-11(9-14)8-13(19)18-6-4-17(5-7-18)12-10-15-2-3-16-12/h2-3,10-11H,4-9,14H2,1H3. The number of carbonyl (C=O) groups is 1. The molecular formula is C13H21N5O. The van der Waals surface area contributed by atoms with Crippen molar-refractivity contribution in [1.82, 2.24) is 14.9 Å². The maximum absolute atomic E-state index is 12.0. The molecule has 0 saturated carbocycles. The lowest BCUT2D eigenvalue weighted by atomic mass is 10.1. The third kappa shape index (κ3) is 3.64. The Hall–Kier alpha value is -1.69. The van der Waals surface area contributed by atoms with Crippen LogP contribution in [0.1, 0.15) is 13.3 Å². The first-order valence-electron chi connectivity index (χ1n) is 6.69. The molecule has 0 bridgehead atoms. The number of piperazine rings is 1. The predicted molar refractivity (Wildman–Crippen MR) is 73.7 cm³/mol. The zero-order valence-corrected chi connectivity index (χ0v) is 11.3. The van der Waals surface area contributed by atoms with Gasteiger partial charge in [-0.15, -0.1) is 0 Å². The molecule has 1 aromatic heterocycles. The van der Waals surface area contributed by atoms with Gasteiger partial charge in [-0.1, -0.05) is 6.92 Å². The van der Waals surface area contributed by atoms with E-state index in [0.29, 0.717) is 13.0 Å². The van der Waals surface area contributed by atoms with Crippen LogP contribution in [0.2, 0.25) is 0 Å². The van der Waals surface area contributed by atoms with Crippen molar-refractivity contribution < 1.29 is 4.79 Å². The van der Waals surface area contributed by atoms with Crippen LogP contribution >= 0.6 is 0 Å². The molecule has 0 aliphatic carbocycles. The molecule has 1 unspecified atom stereocenters. The molecule has 19 heavy (non-hydrogen) atoms. The molecule has 6 nitrogen and oxygen atoms in total. The van der Waals surface area contributed by atoms with E-state index in [9.17, 15) is 4.79 Å². The minimum atomic E-state index is 0.205. The normalized spacial score (nSPS) is 17.4. The van der Waals surface area contributed by atoms with E-state index in [2.05, 4.69) is 14.9 Å². The van der Waals surface area contributed by atoms with Gasteiger partial charge in [-0.05, 0) is 12.5 Å². The highest BCUT2D eigenvalue weighted by molar-refractivity contribution is 5.76. The number of nitrogens with zero attached hydrogens (tertiary/aromatic N) is 4. The summed E-state index contributed by atoms with van der Waals surface area (Å²) in [6, 6.07) is 0. The zero-order valence-electron chi connectivity index (χ0n) is 11.3. The fourth-order valence-electron chi connectivity index (χ4n) is 2.15. The summed E-state index contributed by atoms with van der Waals surface area (Å²) in [6.45, 7) is 5.67. The van der Waals surface area contributed by atoms with Crippen molar-refractivity contribution in [3.63, 3.8) is 0 Å². The molecule has 1 fully saturated rings. The number of carbonyl (C=O) groups excluding carboxylic acids is 1. The second-order valence-corrected chi connectivity index (χ2v) is 4.98. The van der Waals surface area contributed by atoms with E-state index < -0.39 is 0 Å². The van der Waals surface area contributed by atoms with Crippen molar-refractivity contribution >= 4 is 11.7 Å². The number of anilines is 1. The molecule has 1 aliphatic heterocycles. The Balaban J connectivity index is 1.84. The van der Waals surface area contributed by atoms with Crippen LogP contribution in [0.15, 0.2) is 18.6 Å². The van der Waals surface area contributed by atoms with Crippen molar-refractivity contribution in [1.29, 1.82) is 0 Å². The number of nitrogens with two attached hydrogens (primary N) is 1. The number of hydrogen-bond acceptors (Lipinski definition) is 5. The lowest BCUT2D eigenvalue weighted by Gasteiger charge is -2.35. The monoisotopic (exact) mass is 263 g/mol. The number of amides is 1. The second-order valence-electron chi connectivity index (χ2n) is 4.98. The first-order valence-corrected chi connectivity index (χ1v) is 6.69. The van der Waals surface area contributed by atoms with Crippen LogP contribution in [0, 0.1) is 5.92 Å². The van der Waals surface area contributed by atoms with Gasteiger partial charge in [0, 0.05) is 45.0 Å². The van der Waals surface area contributed by atoms with Crippen molar-refractivity contribution in [3.8, 4) is 0 Å². The van der Waals surface area contributed by atoms with Gasteiger partial charge < -0.3 is 15.5 Å². The molecular weight excluding hydrogens is 242 g/mol. The smallest absolute Gasteiger partial charge is 0.223 e. The quantitative estimate of drug-likeness (QED) is 0.834. The summed E-state index contributed by atoms with van der Waals surface area (Å²) in [5, 5.41) is 0. The number of hydrogen-bond donors (Lipinski definition) is 1. The predicted octanol–water partition coefficient (Wildman–Crippen LogP) is 0.110. The van der Waals surface area contributed by atoms with E-state index in [1.54, 1.807) is 18.6 Å². The molecule has 2 heterocycles. The molecule has 1 atom stereocenters. The Morgan fingerprint density at radius 1 is 1.37 bits per heavy atom. The molecule has 6 heteroatoms. The third-order valence-corrected chi connectivity index (χ3v) is 3.43. The molecule has 0 aromatic carbocycles. The summed E-state index contributed by atoms with van der Waals surface area (Å²) in [7, 11) is 0. The van der Waals surface area contributed by atoms with Crippen molar-refractivity contribution in [3.05, 3.63) is 18.6 Å². The topological polar surface area (TPSA) is 75.4 Å². The molecule has 104 valence electrons. The van der Waals surface area contributed by atoms with Gasteiger partial charge in [0.2, 0.25) is 5.91 Å². The van der Waals surface area contributed by atoms with Crippen LogP contribution in [0.5, 0.6) is 0 Å². The highest BCUT2D eigenvalue weighted by Gasteiger charge is 2.22. The maximum atomic E-state index is 12.0. The highest BCUT2D eigenvalue weighted by atomic mass is 16.2. The van der Waals surface area contributed by atoms with Gasteiger partial charge in [0.25, 0.3) is 0 Å². The zero-order chi connectivity index (χ0) is 13.7. The Morgan fingerprint density at radius 3 is 2.68 bits per heavy atom. The average molecular weight is 263 g/mol. The largest absolute Gasteiger partial charge is 0.352 e. The van der Waals surface area contributed by atoms with Crippen molar-refractivity contribution in [2.45, 2.75) is 13.3 Å². The summed E-state index contributed by atoms with van der Waals surface area (Å²) in [5.74, 6) is 1.34. The highest BCUT2D eigenvalue weighted by Crippen LogP contribution is 2.13. The van der Waals surface area contributed by atoms with Gasteiger partial charge in [-0.25, -0.2) is 4.98 Å². The van der Waals surface area contributed by atoms with E-state index in [0.717, 1.165) is 32.0 Å². The third-order valence-electron chi connectivity index (χ3n) is 3.43. The van der Waals surface area contributed by atoms with Crippen LogP contribution in [-0.2, 0) is 4.79 Å². The minimum absolute atomic E-state index is 0.205. The summed E-state index contributed by atoms with van der Waals surface area (Å²) >= 11 is 0. The van der Waals surface area contributed by atoms with E-state index in [1.165, 1.54) is 0 Å². The molecule has 0 radical (unpaired) electrons. The van der Waals surface area contributed by atoms with Gasteiger partial charge in [0.1, 0.15) is 5.82 Å². The lowest BCUT2D eigenvalue weighted by molar-refractivity contribution is -0.132. The van der Waals surface area contributed by atoms with Crippen LogP contribution in [0.4, 0.5) is 5.82 Å². The van der Waals surface area contributed by atoms with Gasteiger partial charge >= 0.3 is 0 Å². The summed E-state index contributed by atoms with van der Waals surface area (Å²) in [5.41, 5.74) is 5.55. The Bertz CT molecular complexity index is 403. The lowest BCUT2D eigenvalue weighted by Crippen LogP contribution is -2.49. The van der Waals surface area contributed by atoms with E-state index in [-0.39, 0.29) is 11.8 Å². The fourth-order valence-corrected chi connectivity index (χ4v) is 2.15. The van der Waals surface area contributed by atoms with E-state index in [4.69, 9.17) is 5.73 Å². The summed E-state index contributed by atoms with van der Waals surface area (Å²) in [4.78, 5) is 24.4. The molecule has 0 spiro atoms. The van der Waals surface area contributed by atoms with Gasteiger partial charge in [-0.2, -0.15) is 0 Å². The van der Waals surface area contributed by atoms with Crippen LogP contribution in [-0.4, -0.2) is 53.5 Å². The van der Waals surface area contributed by atoms with E-state index >= 15 is 0 Å². The van der Waals surface area contributed by atoms with Gasteiger partial charge in [0.15, 0.2) is 0 Å². The first-order chi connectivity index (χ1) is 9.20. The fraction of sp³-hybridized carbons (Fsp3) is 0.615. The molecule has 1 aromatic rings. The molecule has 2 N–H and O–H groups in total. The summed E-state index contributed by atoms with van der Waals surface area (Å²) in [6.07, 6.45) is 5.66. The Kier molecular flexibility index (Phi) is 4.68. The minimum Gasteiger partial charge on any atom is -0.352 e. The van der Waals surface area contributed by atoms with Gasteiger partial charge in [0.05, 0.1) is 6.20 Å². The van der Waals surface area contributed by atoms with Gasteiger partial charge in [-0.3, -0.25) is 9.78 Å².